The average Bonchev–Trinajstić information content (AvgIpc) is 2.71. The lowest BCUT2D eigenvalue weighted by atomic mass is 10.1. The third-order valence-corrected chi connectivity index (χ3v) is 2.78. The quantitative estimate of drug-likeness (QED) is 0.669. The molecule has 0 saturated heterocycles. The molecule has 0 saturated carbocycles. The Balaban J connectivity index is 2.41. The molecule has 2 aromatic rings. The highest BCUT2D eigenvalue weighted by molar-refractivity contribution is 5.74. The van der Waals surface area contributed by atoms with Crippen molar-refractivity contribution in [1.82, 2.24) is 14.5 Å². The van der Waals surface area contributed by atoms with Gasteiger partial charge in [0.2, 0.25) is 0 Å². The maximum atomic E-state index is 11.9. The molecule has 0 spiro atoms. The minimum Gasteiger partial charge on any atom is -0.346 e. The third-order valence-electron chi connectivity index (χ3n) is 2.78. The van der Waals surface area contributed by atoms with Gasteiger partial charge in [-0.25, -0.2) is 4.98 Å². The van der Waals surface area contributed by atoms with E-state index in [1.165, 1.54) is 0 Å². The van der Waals surface area contributed by atoms with E-state index < -0.39 is 0 Å². The molecule has 14 heavy (non-hydrogen) atoms. The molecule has 3 rings (SSSR count). The molecule has 0 aromatic carbocycles. The molecule has 1 aliphatic heterocycles. The zero-order valence-corrected chi connectivity index (χ0v) is 7.95. The first-order valence-electron chi connectivity index (χ1n) is 4.82. The Morgan fingerprint density at radius 3 is 3.36 bits per heavy atom. The van der Waals surface area contributed by atoms with E-state index in [4.69, 9.17) is 0 Å². The van der Waals surface area contributed by atoms with Crippen LogP contribution in [-0.2, 0) is 13.0 Å². The molecule has 3 heterocycles. The predicted molar refractivity (Wildman–Crippen MR) is 53.2 cm³/mol. The fraction of sp³-hybridized carbons (Fsp3) is 0.400. The lowest BCUT2D eigenvalue weighted by Crippen LogP contribution is -2.20. The Hall–Kier alpha value is -1.58. The summed E-state index contributed by atoms with van der Waals surface area (Å²) >= 11 is 0. The van der Waals surface area contributed by atoms with Gasteiger partial charge in [0, 0.05) is 19.2 Å². The summed E-state index contributed by atoms with van der Waals surface area (Å²) in [6.45, 7) is 2.95. The van der Waals surface area contributed by atoms with E-state index in [0.717, 1.165) is 24.4 Å². The number of aromatic amines is 1. The molecule has 4 heteroatoms. The van der Waals surface area contributed by atoms with Crippen LogP contribution >= 0.6 is 0 Å². The average molecular weight is 189 g/mol. The van der Waals surface area contributed by atoms with Gasteiger partial charge < -0.3 is 4.98 Å². The van der Waals surface area contributed by atoms with Crippen LogP contribution in [0.3, 0.4) is 0 Å². The monoisotopic (exact) mass is 189 g/mol. The molecular weight excluding hydrogens is 178 g/mol. The van der Waals surface area contributed by atoms with Crippen molar-refractivity contribution in [3.63, 3.8) is 0 Å². The molecule has 1 aliphatic rings. The third kappa shape index (κ3) is 0.880. The van der Waals surface area contributed by atoms with Gasteiger partial charge in [0.25, 0.3) is 5.56 Å². The summed E-state index contributed by atoms with van der Waals surface area (Å²) in [6, 6.07) is 1.79. The molecule has 1 unspecified atom stereocenters. The molecule has 4 nitrogen and oxygen atoms in total. The Labute approximate surface area is 80.6 Å². The van der Waals surface area contributed by atoms with Crippen molar-refractivity contribution >= 4 is 11.0 Å². The second-order valence-electron chi connectivity index (χ2n) is 3.99. The number of nitrogens with one attached hydrogen (secondary N) is 1. The number of aromatic nitrogens is 3. The summed E-state index contributed by atoms with van der Waals surface area (Å²) in [6.07, 6.45) is 2.67. The molecule has 72 valence electrons. The summed E-state index contributed by atoms with van der Waals surface area (Å²) in [7, 11) is 0. The lowest BCUT2D eigenvalue weighted by Gasteiger charge is -2.00. The molecule has 0 fully saturated rings. The first-order valence-corrected chi connectivity index (χ1v) is 4.82. The van der Waals surface area contributed by atoms with Crippen LogP contribution in [0, 0.1) is 5.92 Å². The standard InChI is InChI=1S/C10H11N3O/c1-6-4-8-12-9-7(2-3-11-9)10(14)13(8)5-6/h2-3,6,11H,4-5H2,1H3. The van der Waals surface area contributed by atoms with Crippen molar-refractivity contribution < 1.29 is 0 Å². The maximum Gasteiger partial charge on any atom is 0.263 e. The van der Waals surface area contributed by atoms with Crippen molar-refractivity contribution in [3.8, 4) is 0 Å². The van der Waals surface area contributed by atoms with E-state index in [-0.39, 0.29) is 5.56 Å². The van der Waals surface area contributed by atoms with E-state index in [2.05, 4.69) is 16.9 Å². The smallest absolute Gasteiger partial charge is 0.263 e. The molecule has 0 radical (unpaired) electrons. The van der Waals surface area contributed by atoms with Crippen molar-refractivity contribution in [2.45, 2.75) is 19.9 Å². The van der Waals surface area contributed by atoms with Gasteiger partial charge in [-0.2, -0.15) is 0 Å². The Morgan fingerprint density at radius 2 is 2.50 bits per heavy atom. The van der Waals surface area contributed by atoms with Crippen LogP contribution in [0.5, 0.6) is 0 Å². The molecule has 0 amide bonds. The Kier molecular flexibility index (Phi) is 1.37. The molecule has 1 atom stereocenters. The van der Waals surface area contributed by atoms with Gasteiger partial charge in [-0.15, -0.1) is 0 Å². The maximum absolute atomic E-state index is 11.9. The molecule has 0 aliphatic carbocycles. The summed E-state index contributed by atoms with van der Waals surface area (Å²) in [5.41, 5.74) is 0.811. The highest BCUT2D eigenvalue weighted by Gasteiger charge is 2.21. The fourth-order valence-electron chi connectivity index (χ4n) is 2.11. The number of rotatable bonds is 0. The van der Waals surface area contributed by atoms with E-state index in [1.807, 2.05) is 0 Å². The second kappa shape index (κ2) is 2.47. The Morgan fingerprint density at radius 1 is 1.64 bits per heavy atom. The number of fused-ring (bicyclic) bond motifs is 2. The first-order chi connectivity index (χ1) is 6.75. The Bertz CT molecular complexity index is 552. The first kappa shape index (κ1) is 7.79. The minimum atomic E-state index is 0.0931. The number of H-pyrrole nitrogens is 1. The van der Waals surface area contributed by atoms with Crippen LogP contribution in [0.15, 0.2) is 17.1 Å². The van der Waals surface area contributed by atoms with E-state index >= 15 is 0 Å². The van der Waals surface area contributed by atoms with Crippen LogP contribution in [-0.4, -0.2) is 14.5 Å². The van der Waals surface area contributed by atoms with Gasteiger partial charge in [-0.05, 0) is 12.0 Å². The van der Waals surface area contributed by atoms with E-state index in [9.17, 15) is 4.79 Å². The van der Waals surface area contributed by atoms with Crippen LogP contribution in [0.4, 0.5) is 0 Å². The van der Waals surface area contributed by atoms with Gasteiger partial charge in [-0.3, -0.25) is 9.36 Å². The van der Waals surface area contributed by atoms with Crippen molar-refractivity contribution in [2.75, 3.05) is 0 Å². The molecular formula is C10H11N3O. The SMILES string of the molecule is CC1Cc2nc3[nH]ccc3c(=O)n2C1. The van der Waals surface area contributed by atoms with Gasteiger partial charge >= 0.3 is 0 Å². The zero-order chi connectivity index (χ0) is 9.71. The van der Waals surface area contributed by atoms with E-state index in [1.54, 1.807) is 16.8 Å². The molecule has 1 N–H and O–H groups in total. The van der Waals surface area contributed by atoms with Gasteiger partial charge in [-0.1, -0.05) is 6.92 Å². The normalized spacial score (nSPS) is 20.2. The summed E-state index contributed by atoms with van der Waals surface area (Å²) in [4.78, 5) is 19.3. The zero-order valence-electron chi connectivity index (χ0n) is 7.95. The van der Waals surface area contributed by atoms with Gasteiger partial charge in [0.1, 0.15) is 11.5 Å². The van der Waals surface area contributed by atoms with Crippen molar-refractivity contribution in [3.05, 3.63) is 28.4 Å². The molecule has 2 aromatic heterocycles. The van der Waals surface area contributed by atoms with Gasteiger partial charge in [0.05, 0.1) is 5.39 Å². The van der Waals surface area contributed by atoms with Crippen LogP contribution < -0.4 is 5.56 Å². The highest BCUT2D eigenvalue weighted by Crippen LogP contribution is 2.17. The summed E-state index contributed by atoms with van der Waals surface area (Å²) in [5, 5.41) is 0.697. The van der Waals surface area contributed by atoms with Crippen LogP contribution in [0.25, 0.3) is 11.0 Å². The van der Waals surface area contributed by atoms with Gasteiger partial charge in [0.15, 0.2) is 0 Å². The summed E-state index contributed by atoms with van der Waals surface area (Å²) in [5.74, 6) is 1.44. The van der Waals surface area contributed by atoms with Crippen molar-refractivity contribution in [2.24, 2.45) is 5.92 Å². The fourth-order valence-corrected chi connectivity index (χ4v) is 2.11. The predicted octanol–water partition coefficient (Wildman–Crippen LogP) is 0.917. The minimum absolute atomic E-state index is 0.0931. The number of hydrogen-bond acceptors (Lipinski definition) is 2. The van der Waals surface area contributed by atoms with Crippen LogP contribution in [0.2, 0.25) is 0 Å². The second-order valence-corrected chi connectivity index (χ2v) is 3.99. The summed E-state index contributed by atoms with van der Waals surface area (Å²) < 4.78 is 1.79. The lowest BCUT2D eigenvalue weighted by molar-refractivity contribution is 0.558. The topological polar surface area (TPSA) is 50.7 Å². The largest absolute Gasteiger partial charge is 0.346 e. The highest BCUT2D eigenvalue weighted by atomic mass is 16.1. The van der Waals surface area contributed by atoms with Crippen molar-refractivity contribution in [1.29, 1.82) is 0 Å². The van der Waals surface area contributed by atoms with E-state index in [0.29, 0.717) is 11.3 Å². The van der Waals surface area contributed by atoms with Crippen LogP contribution in [0.1, 0.15) is 12.7 Å². The molecule has 0 bridgehead atoms. The number of nitrogens with zero attached hydrogens (tertiary/aromatic N) is 2. The number of hydrogen-bond donors (Lipinski definition) is 1.